The molecule has 3 aromatic rings. The highest BCUT2D eigenvalue weighted by atomic mass is 19.4. The normalized spacial score (nSPS) is 19.0. The fourth-order valence-electron chi connectivity index (χ4n) is 5.19. The van der Waals surface area contributed by atoms with E-state index in [2.05, 4.69) is 21.3 Å². The molecule has 2 aromatic carbocycles. The lowest BCUT2D eigenvalue weighted by Crippen LogP contribution is -2.22. The first kappa shape index (κ1) is 22.7. The number of aliphatic hydroxyl groups is 1. The Balaban J connectivity index is 1.58. The highest BCUT2D eigenvalue weighted by Crippen LogP contribution is 2.40. The summed E-state index contributed by atoms with van der Waals surface area (Å²) >= 11 is 0. The number of aliphatic hydroxyl groups excluding tert-OH is 1. The van der Waals surface area contributed by atoms with Crippen LogP contribution in [0.3, 0.4) is 0 Å². The van der Waals surface area contributed by atoms with Crippen molar-refractivity contribution < 1.29 is 18.3 Å². The van der Waals surface area contributed by atoms with Gasteiger partial charge in [0.1, 0.15) is 11.6 Å². The molecule has 9 heteroatoms. The van der Waals surface area contributed by atoms with E-state index in [4.69, 9.17) is 10.7 Å². The quantitative estimate of drug-likeness (QED) is 0.475. The van der Waals surface area contributed by atoms with Crippen LogP contribution in [0.4, 0.5) is 30.4 Å². The van der Waals surface area contributed by atoms with Gasteiger partial charge in [-0.05, 0) is 80.5 Å². The smallest absolute Gasteiger partial charge is 0.399 e. The number of nitrogens with zero attached hydrogens (tertiary/aromatic N) is 3. The molecule has 1 aliphatic heterocycles. The molecule has 0 amide bonds. The van der Waals surface area contributed by atoms with Gasteiger partial charge in [-0.3, -0.25) is 0 Å². The van der Waals surface area contributed by atoms with E-state index in [1.807, 2.05) is 6.92 Å². The Kier molecular flexibility index (Phi) is 5.55. The highest BCUT2D eigenvalue weighted by molar-refractivity contribution is 5.96. The Hall–Kier alpha value is -3.07. The second-order valence-corrected chi connectivity index (χ2v) is 9.36. The van der Waals surface area contributed by atoms with Crippen LogP contribution in [0.2, 0.25) is 0 Å². The number of hydrogen-bond donors (Lipinski definition) is 3. The monoisotopic (exact) mass is 471 g/mol. The molecular formula is C25H28F3N5O. The third kappa shape index (κ3) is 4.13. The Morgan fingerprint density at radius 2 is 1.91 bits per heavy atom. The summed E-state index contributed by atoms with van der Waals surface area (Å²) in [5, 5.41) is 14.3. The molecule has 2 atom stereocenters. The summed E-state index contributed by atoms with van der Waals surface area (Å²) in [6, 6.07) is 5.23. The number of anilines is 3. The molecule has 2 heterocycles. The minimum absolute atomic E-state index is 0.0647. The highest BCUT2D eigenvalue weighted by Gasteiger charge is 2.32. The summed E-state index contributed by atoms with van der Waals surface area (Å²) in [6.45, 7) is 4.99. The average Bonchev–Trinajstić information content (AvgIpc) is 3.42. The van der Waals surface area contributed by atoms with E-state index in [9.17, 15) is 18.3 Å². The number of benzene rings is 2. The number of aromatic nitrogens is 2. The molecule has 0 saturated carbocycles. The number of nitrogens with one attached hydrogen (secondary N) is 1. The number of hydrogen-bond acceptors (Lipinski definition) is 6. The number of halogens is 3. The molecule has 0 spiro atoms. The molecule has 34 heavy (non-hydrogen) atoms. The molecule has 1 fully saturated rings. The van der Waals surface area contributed by atoms with E-state index in [0.29, 0.717) is 23.8 Å². The van der Waals surface area contributed by atoms with E-state index in [1.165, 1.54) is 11.1 Å². The van der Waals surface area contributed by atoms with Crippen molar-refractivity contribution in [3.63, 3.8) is 0 Å². The lowest BCUT2D eigenvalue weighted by Gasteiger charge is -2.24. The van der Waals surface area contributed by atoms with Crippen LogP contribution in [0.5, 0.6) is 0 Å². The van der Waals surface area contributed by atoms with Crippen molar-refractivity contribution in [1.82, 2.24) is 9.97 Å². The Bertz CT molecular complexity index is 1260. The summed E-state index contributed by atoms with van der Waals surface area (Å²) in [5.74, 6) is 1.19. The second-order valence-electron chi connectivity index (χ2n) is 9.36. The maximum absolute atomic E-state index is 13.3. The largest absolute Gasteiger partial charge is 0.416 e. The SMILES string of the molecule is Cc1nc(N[C@H](C)c2cc(N)cc(C(F)(F)F)c2)c2cc(N3CCC(O)C3)c3c(c2n1)CCC3. The third-order valence-electron chi connectivity index (χ3n) is 6.81. The second kappa shape index (κ2) is 8.30. The van der Waals surface area contributed by atoms with Gasteiger partial charge in [0, 0.05) is 29.9 Å². The van der Waals surface area contributed by atoms with Gasteiger partial charge in [-0.15, -0.1) is 0 Å². The molecule has 1 aromatic heterocycles. The number of aryl methyl sites for hydroxylation is 2. The molecule has 4 N–H and O–H groups in total. The number of rotatable bonds is 4. The number of β-amino-alcohol motifs (C(OH)–C–C–N with tert-alkyl or cyclic N) is 1. The van der Waals surface area contributed by atoms with Gasteiger partial charge in [-0.2, -0.15) is 13.2 Å². The van der Waals surface area contributed by atoms with Crippen molar-refractivity contribution in [2.24, 2.45) is 0 Å². The van der Waals surface area contributed by atoms with Gasteiger partial charge >= 0.3 is 6.18 Å². The van der Waals surface area contributed by atoms with Crippen LogP contribution in [0.1, 0.15) is 53.9 Å². The summed E-state index contributed by atoms with van der Waals surface area (Å²) in [7, 11) is 0. The van der Waals surface area contributed by atoms with E-state index in [-0.39, 0.29) is 11.8 Å². The number of nitrogens with two attached hydrogens (primary N) is 1. The molecule has 6 nitrogen and oxygen atoms in total. The maximum Gasteiger partial charge on any atom is 0.416 e. The van der Waals surface area contributed by atoms with Crippen LogP contribution < -0.4 is 16.0 Å². The third-order valence-corrected chi connectivity index (χ3v) is 6.81. The minimum atomic E-state index is -4.47. The van der Waals surface area contributed by atoms with Crippen molar-refractivity contribution in [3.05, 3.63) is 52.3 Å². The van der Waals surface area contributed by atoms with Gasteiger partial charge in [0.05, 0.1) is 23.2 Å². The number of fused-ring (bicyclic) bond motifs is 3. The van der Waals surface area contributed by atoms with Crippen LogP contribution in [0.15, 0.2) is 24.3 Å². The Morgan fingerprint density at radius 3 is 2.62 bits per heavy atom. The Labute approximate surface area is 196 Å². The van der Waals surface area contributed by atoms with E-state index < -0.39 is 17.8 Å². The van der Waals surface area contributed by atoms with Crippen molar-refractivity contribution in [2.45, 2.75) is 57.9 Å². The average molecular weight is 472 g/mol. The maximum atomic E-state index is 13.3. The molecule has 0 bridgehead atoms. The topological polar surface area (TPSA) is 87.3 Å². The van der Waals surface area contributed by atoms with Crippen LogP contribution in [0.25, 0.3) is 10.9 Å². The summed E-state index contributed by atoms with van der Waals surface area (Å²) in [4.78, 5) is 11.6. The lowest BCUT2D eigenvalue weighted by atomic mass is 10.0. The number of nitrogen functional groups attached to an aromatic ring is 1. The zero-order valence-corrected chi connectivity index (χ0v) is 19.2. The predicted molar refractivity (Wildman–Crippen MR) is 127 cm³/mol. The first-order valence-electron chi connectivity index (χ1n) is 11.6. The first-order valence-corrected chi connectivity index (χ1v) is 11.6. The van der Waals surface area contributed by atoms with Gasteiger partial charge < -0.3 is 21.1 Å². The van der Waals surface area contributed by atoms with Gasteiger partial charge in [0.15, 0.2) is 0 Å². The fourth-order valence-corrected chi connectivity index (χ4v) is 5.19. The standard InChI is InChI=1S/C25H28F3N5O/c1-13(15-8-16(25(26,27)28)10-17(29)9-15)30-24-21-11-22(33-7-6-18(34)12-33)19-4-3-5-20(19)23(21)31-14(2)32-24/h8-11,13,18,34H,3-7,12,29H2,1-2H3,(H,30,31,32)/t13-,18?/m1/s1. The van der Waals surface area contributed by atoms with Crippen LogP contribution in [0, 0.1) is 6.92 Å². The number of alkyl halides is 3. The van der Waals surface area contributed by atoms with Gasteiger partial charge in [0.25, 0.3) is 0 Å². The van der Waals surface area contributed by atoms with Crippen LogP contribution >= 0.6 is 0 Å². The summed E-state index contributed by atoms with van der Waals surface area (Å²) in [5.41, 5.74) is 9.99. The molecular weight excluding hydrogens is 443 g/mol. The lowest BCUT2D eigenvalue weighted by molar-refractivity contribution is -0.137. The Morgan fingerprint density at radius 1 is 1.15 bits per heavy atom. The fraction of sp³-hybridized carbons (Fsp3) is 0.440. The van der Waals surface area contributed by atoms with Gasteiger partial charge in [-0.1, -0.05) is 0 Å². The van der Waals surface area contributed by atoms with Crippen LogP contribution in [-0.2, 0) is 19.0 Å². The molecule has 0 radical (unpaired) electrons. The van der Waals surface area contributed by atoms with E-state index >= 15 is 0 Å². The first-order chi connectivity index (χ1) is 16.1. The molecule has 5 rings (SSSR count). The van der Waals surface area contributed by atoms with Crippen molar-refractivity contribution in [2.75, 3.05) is 29.0 Å². The van der Waals surface area contributed by atoms with Crippen molar-refractivity contribution >= 4 is 28.1 Å². The summed E-state index contributed by atoms with van der Waals surface area (Å²) in [6.07, 6.45) is -1.14. The summed E-state index contributed by atoms with van der Waals surface area (Å²) < 4.78 is 40.0. The van der Waals surface area contributed by atoms with E-state index in [1.54, 1.807) is 13.0 Å². The van der Waals surface area contributed by atoms with E-state index in [0.717, 1.165) is 61.0 Å². The molecule has 2 aliphatic rings. The molecule has 1 saturated heterocycles. The van der Waals surface area contributed by atoms with Crippen molar-refractivity contribution in [3.8, 4) is 0 Å². The molecule has 180 valence electrons. The predicted octanol–water partition coefficient (Wildman–Crippen LogP) is 4.77. The van der Waals surface area contributed by atoms with Gasteiger partial charge in [0.2, 0.25) is 0 Å². The van der Waals surface area contributed by atoms with Crippen molar-refractivity contribution in [1.29, 1.82) is 0 Å². The minimum Gasteiger partial charge on any atom is -0.399 e. The zero-order chi connectivity index (χ0) is 24.2. The van der Waals surface area contributed by atoms with Crippen LogP contribution in [-0.4, -0.2) is 34.3 Å². The van der Waals surface area contributed by atoms with Gasteiger partial charge in [-0.25, -0.2) is 9.97 Å². The molecule has 1 aliphatic carbocycles. The molecule has 1 unspecified atom stereocenters. The zero-order valence-electron chi connectivity index (χ0n) is 19.2.